The second-order valence-corrected chi connectivity index (χ2v) is 6.31. The van der Waals surface area contributed by atoms with E-state index in [4.69, 9.17) is 9.29 Å². The van der Waals surface area contributed by atoms with Crippen molar-refractivity contribution in [3.05, 3.63) is 48.5 Å². The van der Waals surface area contributed by atoms with Crippen LogP contribution in [0, 0.1) is 0 Å². The molecule has 0 aliphatic carbocycles. The summed E-state index contributed by atoms with van der Waals surface area (Å²) in [5.74, 6) is 0.259. The van der Waals surface area contributed by atoms with Gasteiger partial charge in [-0.2, -0.15) is 8.42 Å². The van der Waals surface area contributed by atoms with E-state index in [9.17, 15) is 18.0 Å². The highest BCUT2D eigenvalue weighted by molar-refractivity contribution is 7.85. The summed E-state index contributed by atoms with van der Waals surface area (Å²) >= 11 is 0. The second-order valence-electron chi connectivity index (χ2n) is 4.89. The van der Waals surface area contributed by atoms with Gasteiger partial charge in [0.2, 0.25) is 0 Å². The number of carbonyl (C=O) groups is 2. The monoisotopic (exact) mass is 380 g/mol. The summed E-state index contributed by atoms with van der Waals surface area (Å²) in [6.45, 7) is 1.85. The molecule has 2 aromatic carbocycles. The van der Waals surface area contributed by atoms with Gasteiger partial charge in [0.15, 0.2) is 0 Å². The predicted octanol–water partition coefficient (Wildman–Crippen LogP) is 3.11. The van der Waals surface area contributed by atoms with Gasteiger partial charge in [-0.3, -0.25) is 4.55 Å². The molecule has 2 amide bonds. The average molecular weight is 380 g/mol. The molecule has 2 aromatic rings. The first-order valence-corrected chi connectivity index (χ1v) is 8.82. The van der Waals surface area contributed by atoms with Crippen LogP contribution in [0.2, 0.25) is 0 Å². The molecular formula is C16H16N2O7S. The third-order valence-electron chi connectivity index (χ3n) is 2.99. The first-order valence-electron chi connectivity index (χ1n) is 7.38. The summed E-state index contributed by atoms with van der Waals surface area (Å²) in [6.07, 6.45) is -0.820. The van der Waals surface area contributed by atoms with Gasteiger partial charge < -0.3 is 20.1 Å². The molecule has 0 heterocycles. The topological polar surface area (TPSA) is 131 Å². The minimum Gasteiger partial charge on any atom is -0.434 e. The highest BCUT2D eigenvalue weighted by Crippen LogP contribution is 2.17. The summed E-state index contributed by atoms with van der Waals surface area (Å²) in [5, 5.41) is 5.05. The van der Waals surface area contributed by atoms with Crippen molar-refractivity contribution < 1.29 is 32.0 Å². The van der Waals surface area contributed by atoms with Gasteiger partial charge >= 0.3 is 12.2 Å². The molecule has 0 aliphatic heterocycles. The number of urea groups is 1. The van der Waals surface area contributed by atoms with Crippen LogP contribution in [0.1, 0.15) is 6.92 Å². The number of nitrogens with one attached hydrogen (secondary N) is 2. The fourth-order valence-electron chi connectivity index (χ4n) is 1.85. The zero-order chi connectivity index (χ0) is 19.2. The number of rotatable bonds is 5. The van der Waals surface area contributed by atoms with Crippen LogP contribution in [-0.2, 0) is 14.9 Å². The zero-order valence-corrected chi connectivity index (χ0v) is 14.4. The number of hydrogen-bond donors (Lipinski definition) is 3. The van der Waals surface area contributed by atoms with Crippen LogP contribution in [-0.4, -0.2) is 31.8 Å². The maximum atomic E-state index is 11.9. The van der Waals surface area contributed by atoms with Crippen molar-refractivity contribution >= 4 is 33.7 Å². The van der Waals surface area contributed by atoms with Gasteiger partial charge in [0.1, 0.15) is 5.75 Å². The normalized spacial score (nSPS) is 10.7. The fourth-order valence-corrected chi connectivity index (χ4v) is 2.33. The van der Waals surface area contributed by atoms with E-state index in [1.165, 1.54) is 36.4 Å². The van der Waals surface area contributed by atoms with Crippen LogP contribution in [0.15, 0.2) is 53.4 Å². The molecule has 0 bridgehead atoms. The van der Waals surface area contributed by atoms with Gasteiger partial charge in [-0.05, 0) is 55.5 Å². The third-order valence-corrected chi connectivity index (χ3v) is 3.85. The van der Waals surface area contributed by atoms with Gasteiger partial charge in [-0.15, -0.1) is 0 Å². The summed E-state index contributed by atoms with van der Waals surface area (Å²) in [7, 11) is -4.29. The molecule has 0 unspecified atom stereocenters. The van der Waals surface area contributed by atoms with E-state index >= 15 is 0 Å². The maximum Gasteiger partial charge on any atom is 0.513 e. The molecule has 138 valence electrons. The number of benzene rings is 2. The summed E-state index contributed by atoms with van der Waals surface area (Å²) < 4.78 is 40.3. The lowest BCUT2D eigenvalue weighted by Gasteiger charge is -2.09. The lowest BCUT2D eigenvalue weighted by molar-refractivity contribution is 0.104. The molecule has 3 N–H and O–H groups in total. The van der Waals surface area contributed by atoms with Crippen molar-refractivity contribution in [3.63, 3.8) is 0 Å². The average Bonchev–Trinajstić information content (AvgIpc) is 2.56. The number of anilines is 2. The molecule has 0 fully saturated rings. The van der Waals surface area contributed by atoms with Gasteiger partial charge in [-0.1, -0.05) is 0 Å². The molecule has 0 radical (unpaired) electrons. The molecule has 0 saturated heterocycles. The van der Waals surface area contributed by atoms with Crippen molar-refractivity contribution in [2.24, 2.45) is 0 Å². The first kappa shape index (κ1) is 19.2. The Bertz CT molecular complexity index is 878. The van der Waals surface area contributed by atoms with Gasteiger partial charge in [0.05, 0.1) is 11.5 Å². The lowest BCUT2D eigenvalue weighted by atomic mass is 10.3. The van der Waals surface area contributed by atoms with Crippen molar-refractivity contribution in [1.82, 2.24) is 0 Å². The molecule has 0 atom stereocenters. The van der Waals surface area contributed by atoms with E-state index in [-0.39, 0.29) is 17.3 Å². The molecule has 0 saturated carbocycles. The van der Waals surface area contributed by atoms with E-state index in [0.717, 1.165) is 12.1 Å². The van der Waals surface area contributed by atoms with Crippen molar-refractivity contribution in [1.29, 1.82) is 0 Å². The van der Waals surface area contributed by atoms with E-state index in [1.807, 2.05) is 0 Å². The summed E-state index contributed by atoms with van der Waals surface area (Å²) in [6, 6.07) is 10.4. The van der Waals surface area contributed by atoms with Crippen LogP contribution in [0.25, 0.3) is 0 Å². The Hall–Kier alpha value is -3.11. The Kier molecular flexibility index (Phi) is 6.15. The van der Waals surface area contributed by atoms with E-state index in [0.29, 0.717) is 11.4 Å². The molecule has 10 heteroatoms. The number of ether oxygens (including phenoxy) is 2. The van der Waals surface area contributed by atoms with E-state index in [1.54, 1.807) is 6.92 Å². The Balaban J connectivity index is 1.92. The van der Waals surface area contributed by atoms with Crippen LogP contribution in [0.3, 0.4) is 0 Å². The van der Waals surface area contributed by atoms with Crippen LogP contribution in [0.5, 0.6) is 5.75 Å². The standard InChI is InChI=1S/C16H16N2O7S/c1-2-24-16(20)25-13-7-3-11(4-8-13)17-15(19)18-12-5-9-14(10-6-12)26(21,22)23/h3-10H,2H2,1H3,(H2,17,18,19)(H,21,22,23). The summed E-state index contributed by atoms with van der Waals surface area (Å²) in [4.78, 5) is 22.8. The molecule has 0 spiro atoms. The Labute approximate surface area is 149 Å². The van der Waals surface area contributed by atoms with Crippen LogP contribution in [0.4, 0.5) is 21.0 Å². The molecule has 26 heavy (non-hydrogen) atoms. The van der Waals surface area contributed by atoms with Crippen molar-refractivity contribution in [2.45, 2.75) is 11.8 Å². The summed E-state index contributed by atoms with van der Waals surface area (Å²) in [5.41, 5.74) is 0.769. The highest BCUT2D eigenvalue weighted by atomic mass is 32.2. The van der Waals surface area contributed by atoms with Crippen molar-refractivity contribution in [2.75, 3.05) is 17.2 Å². The quantitative estimate of drug-likeness (QED) is 0.412. The molecular weight excluding hydrogens is 364 g/mol. The van der Waals surface area contributed by atoms with E-state index < -0.39 is 22.3 Å². The van der Waals surface area contributed by atoms with E-state index in [2.05, 4.69) is 15.4 Å². The largest absolute Gasteiger partial charge is 0.513 e. The Morgan fingerprint density at radius 1 is 0.962 bits per heavy atom. The maximum absolute atomic E-state index is 11.9. The molecule has 0 aliphatic rings. The van der Waals surface area contributed by atoms with Gasteiger partial charge in [0, 0.05) is 11.4 Å². The predicted molar refractivity (Wildman–Crippen MR) is 93.0 cm³/mol. The number of hydrogen-bond acceptors (Lipinski definition) is 6. The smallest absolute Gasteiger partial charge is 0.434 e. The fraction of sp³-hybridized carbons (Fsp3) is 0.125. The highest BCUT2D eigenvalue weighted by Gasteiger charge is 2.10. The first-order chi connectivity index (χ1) is 12.3. The van der Waals surface area contributed by atoms with Crippen LogP contribution < -0.4 is 15.4 Å². The Morgan fingerprint density at radius 3 is 1.92 bits per heavy atom. The molecule has 2 rings (SSSR count). The van der Waals surface area contributed by atoms with Crippen LogP contribution >= 0.6 is 0 Å². The number of amides is 2. The minimum absolute atomic E-state index is 0.198. The lowest BCUT2D eigenvalue weighted by Crippen LogP contribution is -2.19. The minimum atomic E-state index is -4.29. The van der Waals surface area contributed by atoms with Gasteiger partial charge in [-0.25, -0.2) is 9.59 Å². The van der Waals surface area contributed by atoms with Gasteiger partial charge in [0.25, 0.3) is 10.1 Å². The Morgan fingerprint density at radius 2 is 1.46 bits per heavy atom. The number of carbonyl (C=O) groups excluding carboxylic acids is 2. The SMILES string of the molecule is CCOC(=O)Oc1ccc(NC(=O)Nc2ccc(S(=O)(=O)O)cc2)cc1. The third kappa shape index (κ3) is 5.76. The zero-order valence-electron chi connectivity index (χ0n) is 13.6. The second kappa shape index (κ2) is 8.32. The molecule has 9 nitrogen and oxygen atoms in total. The van der Waals surface area contributed by atoms with Crippen molar-refractivity contribution in [3.8, 4) is 5.75 Å². The molecule has 0 aromatic heterocycles.